The number of nitrogens with one attached hydrogen (secondary N) is 1. The fourth-order valence-electron chi connectivity index (χ4n) is 1.37. The fraction of sp³-hybridized carbons (Fsp3) is 1.00. The van der Waals surface area contributed by atoms with E-state index in [0.29, 0.717) is 0 Å². The molecule has 0 spiro atoms. The van der Waals surface area contributed by atoms with Gasteiger partial charge in [0.2, 0.25) is 0 Å². The Morgan fingerprint density at radius 2 is 2.07 bits per heavy atom. The van der Waals surface area contributed by atoms with Crippen molar-refractivity contribution < 1.29 is 4.74 Å². The molecule has 90 valence electrons. The minimum Gasteiger partial charge on any atom is -0.381 e. The number of nitrogens with two attached hydrogens (primary N) is 1. The van der Waals surface area contributed by atoms with Gasteiger partial charge in [0, 0.05) is 18.8 Å². The first-order valence-electron chi connectivity index (χ1n) is 6.15. The van der Waals surface area contributed by atoms with Crippen LogP contribution in [0.4, 0.5) is 0 Å². The molecule has 3 nitrogen and oxygen atoms in total. The van der Waals surface area contributed by atoms with Gasteiger partial charge in [-0.15, -0.1) is 0 Å². The summed E-state index contributed by atoms with van der Waals surface area (Å²) < 4.78 is 5.54. The van der Waals surface area contributed by atoms with Crippen LogP contribution >= 0.6 is 0 Å². The highest BCUT2D eigenvalue weighted by atomic mass is 16.5. The van der Waals surface area contributed by atoms with Crippen LogP contribution < -0.4 is 11.1 Å². The van der Waals surface area contributed by atoms with Crippen LogP contribution in [0.15, 0.2) is 0 Å². The lowest BCUT2D eigenvalue weighted by molar-refractivity contribution is 0.122. The van der Waals surface area contributed by atoms with Gasteiger partial charge in [-0.1, -0.05) is 0 Å². The molecule has 0 saturated heterocycles. The lowest BCUT2D eigenvalue weighted by atomic mass is 10.0. The van der Waals surface area contributed by atoms with E-state index >= 15 is 0 Å². The molecule has 0 aromatic rings. The van der Waals surface area contributed by atoms with Crippen molar-refractivity contribution in [1.29, 1.82) is 0 Å². The second-order valence-electron chi connectivity index (χ2n) is 5.36. The summed E-state index contributed by atoms with van der Waals surface area (Å²) >= 11 is 0. The molecule has 3 N–H and O–H groups in total. The highest BCUT2D eigenvalue weighted by molar-refractivity contribution is 4.73. The van der Waals surface area contributed by atoms with Crippen LogP contribution in [-0.4, -0.2) is 31.8 Å². The van der Waals surface area contributed by atoms with E-state index in [2.05, 4.69) is 19.2 Å². The average Bonchev–Trinajstić information content (AvgIpc) is 2.91. The Morgan fingerprint density at radius 3 is 2.67 bits per heavy atom. The molecule has 1 fully saturated rings. The molecule has 0 amide bonds. The molecule has 0 radical (unpaired) electrons. The summed E-state index contributed by atoms with van der Waals surface area (Å²) in [6, 6.07) is 0. The predicted octanol–water partition coefficient (Wildman–Crippen LogP) is 1.52. The molecule has 1 aliphatic rings. The molecule has 15 heavy (non-hydrogen) atoms. The predicted molar refractivity (Wildman–Crippen MR) is 63.9 cm³/mol. The summed E-state index contributed by atoms with van der Waals surface area (Å²) in [6.45, 7) is 8.05. The first kappa shape index (κ1) is 12.9. The van der Waals surface area contributed by atoms with E-state index in [1.165, 1.54) is 12.8 Å². The summed E-state index contributed by atoms with van der Waals surface area (Å²) in [7, 11) is 0. The summed E-state index contributed by atoms with van der Waals surface area (Å²) in [5.74, 6) is 0.885. The van der Waals surface area contributed by atoms with Crippen LogP contribution in [0.25, 0.3) is 0 Å². The first-order chi connectivity index (χ1) is 7.08. The topological polar surface area (TPSA) is 47.3 Å². The van der Waals surface area contributed by atoms with Crippen LogP contribution in [0.2, 0.25) is 0 Å². The fourth-order valence-corrected chi connectivity index (χ4v) is 1.37. The van der Waals surface area contributed by atoms with Crippen LogP contribution in [0.5, 0.6) is 0 Å². The maximum atomic E-state index is 5.87. The zero-order valence-corrected chi connectivity index (χ0v) is 10.2. The zero-order chi connectivity index (χ0) is 11.1. The van der Waals surface area contributed by atoms with Crippen LogP contribution in [0.1, 0.15) is 39.5 Å². The third kappa shape index (κ3) is 8.85. The third-order valence-electron chi connectivity index (χ3n) is 2.64. The van der Waals surface area contributed by atoms with Gasteiger partial charge in [0.15, 0.2) is 0 Å². The second kappa shape index (κ2) is 6.46. The first-order valence-corrected chi connectivity index (χ1v) is 6.15. The quantitative estimate of drug-likeness (QED) is 0.572. The Bertz CT molecular complexity index is 161. The van der Waals surface area contributed by atoms with Crippen LogP contribution in [-0.2, 0) is 4.74 Å². The Balaban J connectivity index is 1.72. The standard InChI is InChI=1S/C12H26N2O/c1-12(2,13)6-8-14-7-3-9-15-10-11-4-5-11/h11,14H,3-10,13H2,1-2H3. The molecular formula is C12H26N2O. The largest absolute Gasteiger partial charge is 0.381 e. The minimum atomic E-state index is -0.0462. The maximum Gasteiger partial charge on any atom is 0.0494 e. The summed E-state index contributed by atoms with van der Waals surface area (Å²) in [4.78, 5) is 0. The lowest BCUT2D eigenvalue weighted by Crippen LogP contribution is -2.36. The van der Waals surface area contributed by atoms with Gasteiger partial charge in [0.25, 0.3) is 0 Å². The molecule has 1 aliphatic carbocycles. The Morgan fingerprint density at radius 1 is 1.33 bits per heavy atom. The van der Waals surface area contributed by atoms with E-state index in [0.717, 1.165) is 45.1 Å². The van der Waals surface area contributed by atoms with Gasteiger partial charge >= 0.3 is 0 Å². The summed E-state index contributed by atoms with van der Waals surface area (Å²) in [5.41, 5.74) is 5.83. The van der Waals surface area contributed by atoms with Gasteiger partial charge in [0.05, 0.1) is 0 Å². The van der Waals surface area contributed by atoms with Crippen molar-refractivity contribution in [2.24, 2.45) is 11.7 Å². The van der Waals surface area contributed by atoms with E-state index in [-0.39, 0.29) is 5.54 Å². The molecule has 1 rings (SSSR count). The van der Waals surface area contributed by atoms with Gasteiger partial charge in [-0.05, 0) is 58.5 Å². The molecule has 0 aromatic carbocycles. The van der Waals surface area contributed by atoms with Gasteiger partial charge in [-0.2, -0.15) is 0 Å². The van der Waals surface area contributed by atoms with E-state index in [9.17, 15) is 0 Å². The van der Waals surface area contributed by atoms with Crippen molar-refractivity contribution >= 4 is 0 Å². The Hall–Kier alpha value is -0.120. The number of ether oxygens (including phenoxy) is 1. The molecule has 0 aromatic heterocycles. The van der Waals surface area contributed by atoms with Crippen molar-refractivity contribution in [3.63, 3.8) is 0 Å². The molecule has 0 atom stereocenters. The lowest BCUT2D eigenvalue weighted by Gasteiger charge is -2.18. The van der Waals surface area contributed by atoms with Crippen molar-refractivity contribution in [2.75, 3.05) is 26.3 Å². The average molecular weight is 214 g/mol. The highest BCUT2D eigenvalue weighted by Crippen LogP contribution is 2.28. The van der Waals surface area contributed by atoms with Crippen molar-refractivity contribution in [1.82, 2.24) is 5.32 Å². The highest BCUT2D eigenvalue weighted by Gasteiger charge is 2.20. The molecule has 1 saturated carbocycles. The minimum absolute atomic E-state index is 0.0462. The zero-order valence-electron chi connectivity index (χ0n) is 10.2. The second-order valence-corrected chi connectivity index (χ2v) is 5.36. The van der Waals surface area contributed by atoms with Crippen molar-refractivity contribution in [3.8, 4) is 0 Å². The van der Waals surface area contributed by atoms with Crippen LogP contribution in [0.3, 0.4) is 0 Å². The van der Waals surface area contributed by atoms with E-state index in [1.807, 2.05) is 0 Å². The van der Waals surface area contributed by atoms with E-state index < -0.39 is 0 Å². The normalized spacial score (nSPS) is 17.0. The molecule has 0 bridgehead atoms. The molecule has 0 unspecified atom stereocenters. The Kier molecular flexibility index (Phi) is 5.58. The summed E-state index contributed by atoms with van der Waals surface area (Å²) in [6.07, 6.45) is 4.89. The number of hydrogen-bond acceptors (Lipinski definition) is 3. The monoisotopic (exact) mass is 214 g/mol. The smallest absolute Gasteiger partial charge is 0.0494 e. The number of rotatable bonds is 9. The molecule has 0 aliphatic heterocycles. The van der Waals surface area contributed by atoms with Gasteiger partial charge < -0.3 is 15.8 Å². The molecule has 3 heteroatoms. The maximum absolute atomic E-state index is 5.87. The van der Waals surface area contributed by atoms with E-state index in [1.54, 1.807) is 0 Å². The van der Waals surface area contributed by atoms with Crippen molar-refractivity contribution in [3.05, 3.63) is 0 Å². The number of hydrogen-bond donors (Lipinski definition) is 2. The summed E-state index contributed by atoms with van der Waals surface area (Å²) in [5, 5.41) is 3.39. The Labute approximate surface area is 93.8 Å². The van der Waals surface area contributed by atoms with Crippen LogP contribution in [0, 0.1) is 5.92 Å². The SMILES string of the molecule is CC(C)(N)CCNCCCOCC1CC1. The third-order valence-corrected chi connectivity index (χ3v) is 2.64. The van der Waals surface area contributed by atoms with Gasteiger partial charge in [0.1, 0.15) is 0 Å². The molecule has 0 heterocycles. The van der Waals surface area contributed by atoms with Gasteiger partial charge in [-0.3, -0.25) is 0 Å². The van der Waals surface area contributed by atoms with E-state index in [4.69, 9.17) is 10.5 Å². The van der Waals surface area contributed by atoms with Gasteiger partial charge in [-0.25, -0.2) is 0 Å². The molecular weight excluding hydrogens is 188 g/mol. The van der Waals surface area contributed by atoms with Crippen molar-refractivity contribution in [2.45, 2.75) is 45.1 Å².